The monoisotopic (exact) mass is 367 g/mol. The Morgan fingerprint density at radius 1 is 1.19 bits per heavy atom. The Hall–Kier alpha value is -2.67. The number of hydrogen-bond donors (Lipinski definition) is 1. The molecule has 1 amide bonds. The van der Waals surface area contributed by atoms with E-state index < -0.39 is 0 Å². The number of benzene rings is 2. The van der Waals surface area contributed by atoms with Crippen LogP contribution in [-0.2, 0) is 11.3 Å². The summed E-state index contributed by atoms with van der Waals surface area (Å²) in [4.78, 5) is 12.4. The molecule has 3 rings (SSSR count). The molecule has 1 aromatic heterocycles. The van der Waals surface area contributed by atoms with Crippen LogP contribution in [0.4, 0.5) is 0 Å². The Kier molecular flexibility index (Phi) is 5.68. The molecule has 1 N–H and O–H groups in total. The Labute approximate surface area is 157 Å². The Bertz CT molecular complexity index is 894. The van der Waals surface area contributed by atoms with Gasteiger partial charge in [0.15, 0.2) is 0 Å². The van der Waals surface area contributed by atoms with Crippen molar-refractivity contribution in [3.05, 3.63) is 65.2 Å². The first-order valence-electron chi connectivity index (χ1n) is 8.39. The Morgan fingerprint density at radius 2 is 1.96 bits per heavy atom. The highest BCUT2D eigenvalue weighted by atomic mass is 32.2. The molecule has 6 nitrogen and oxygen atoms in total. The predicted octanol–water partition coefficient (Wildman–Crippen LogP) is 3.08. The Morgan fingerprint density at radius 3 is 2.69 bits per heavy atom. The molecule has 0 fully saturated rings. The van der Waals surface area contributed by atoms with E-state index in [9.17, 15) is 4.79 Å². The third kappa shape index (κ3) is 4.29. The maximum atomic E-state index is 12.4. The first-order chi connectivity index (χ1) is 12.5. The molecule has 3 aromatic rings. The van der Waals surface area contributed by atoms with Gasteiger partial charge in [-0.2, -0.15) is 4.68 Å². The number of nitrogens with zero attached hydrogens (tertiary/aromatic N) is 4. The highest BCUT2D eigenvalue weighted by Crippen LogP contribution is 2.24. The molecule has 0 aliphatic rings. The van der Waals surface area contributed by atoms with Gasteiger partial charge in [0.1, 0.15) is 0 Å². The topological polar surface area (TPSA) is 72.7 Å². The number of aromatic nitrogens is 4. The fourth-order valence-corrected chi connectivity index (χ4v) is 3.41. The number of nitrogens with one attached hydrogen (secondary N) is 1. The largest absolute Gasteiger partial charge is 0.351 e. The van der Waals surface area contributed by atoms with Crippen LogP contribution in [-0.4, -0.2) is 31.4 Å². The van der Waals surface area contributed by atoms with Gasteiger partial charge in [0.2, 0.25) is 11.1 Å². The molecular weight excluding hydrogens is 346 g/mol. The number of tetrazole rings is 1. The van der Waals surface area contributed by atoms with Crippen molar-refractivity contribution in [2.75, 3.05) is 0 Å². The van der Waals surface area contributed by atoms with Gasteiger partial charge in [-0.1, -0.05) is 59.8 Å². The molecule has 134 valence electrons. The summed E-state index contributed by atoms with van der Waals surface area (Å²) in [6.45, 7) is 6.43. The van der Waals surface area contributed by atoms with Crippen molar-refractivity contribution < 1.29 is 4.79 Å². The summed E-state index contributed by atoms with van der Waals surface area (Å²) in [5.74, 6) is -0.0472. The first-order valence-corrected chi connectivity index (χ1v) is 9.27. The van der Waals surface area contributed by atoms with E-state index in [0.29, 0.717) is 11.7 Å². The van der Waals surface area contributed by atoms with E-state index in [1.807, 2.05) is 63.2 Å². The molecule has 0 saturated carbocycles. The lowest BCUT2D eigenvalue weighted by Gasteiger charge is -2.13. The quantitative estimate of drug-likeness (QED) is 0.678. The van der Waals surface area contributed by atoms with Crippen LogP contribution in [0.25, 0.3) is 5.69 Å². The molecule has 0 unspecified atom stereocenters. The van der Waals surface area contributed by atoms with Gasteiger partial charge in [-0.05, 0) is 48.4 Å². The van der Waals surface area contributed by atoms with Gasteiger partial charge in [0, 0.05) is 6.54 Å². The maximum absolute atomic E-state index is 12.4. The van der Waals surface area contributed by atoms with Gasteiger partial charge in [-0.3, -0.25) is 4.79 Å². The van der Waals surface area contributed by atoms with Gasteiger partial charge < -0.3 is 5.32 Å². The number of amides is 1. The summed E-state index contributed by atoms with van der Waals surface area (Å²) in [7, 11) is 0. The summed E-state index contributed by atoms with van der Waals surface area (Å²) in [5, 5.41) is 15.2. The average molecular weight is 367 g/mol. The van der Waals surface area contributed by atoms with Crippen molar-refractivity contribution in [3.63, 3.8) is 0 Å². The van der Waals surface area contributed by atoms with Crippen molar-refractivity contribution in [2.24, 2.45) is 0 Å². The van der Waals surface area contributed by atoms with E-state index in [4.69, 9.17) is 0 Å². The number of carbonyl (C=O) groups excluding carboxylic acids is 1. The fraction of sp³-hybridized carbons (Fsp3) is 0.263. The number of aryl methyl sites for hydroxylation is 2. The van der Waals surface area contributed by atoms with Gasteiger partial charge in [-0.15, -0.1) is 5.10 Å². The van der Waals surface area contributed by atoms with Crippen molar-refractivity contribution in [1.82, 2.24) is 25.5 Å². The minimum absolute atomic E-state index is 0.0472. The molecule has 7 heteroatoms. The van der Waals surface area contributed by atoms with Crippen LogP contribution in [0.2, 0.25) is 0 Å². The standard InChI is InChI=1S/C19H21N5OS/c1-13-9-10-17(14(2)11-13)24-19(21-22-23-24)26-15(3)18(25)20-12-16-7-5-4-6-8-16/h4-11,15H,12H2,1-3H3,(H,20,25)/t15-/m0/s1. The number of thioether (sulfide) groups is 1. The second kappa shape index (κ2) is 8.14. The minimum atomic E-state index is -0.311. The van der Waals surface area contributed by atoms with E-state index >= 15 is 0 Å². The van der Waals surface area contributed by atoms with Crippen molar-refractivity contribution in [3.8, 4) is 5.69 Å². The van der Waals surface area contributed by atoms with Crippen LogP contribution in [0, 0.1) is 13.8 Å². The van der Waals surface area contributed by atoms with Crippen molar-refractivity contribution in [2.45, 2.75) is 37.7 Å². The average Bonchev–Trinajstić information content (AvgIpc) is 3.08. The zero-order chi connectivity index (χ0) is 18.5. The highest BCUT2D eigenvalue weighted by Gasteiger charge is 2.19. The molecular formula is C19H21N5OS. The van der Waals surface area contributed by atoms with Crippen LogP contribution >= 0.6 is 11.8 Å². The second-order valence-electron chi connectivity index (χ2n) is 6.13. The van der Waals surface area contributed by atoms with Crippen LogP contribution in [0.15, 0.2) is 53.7 Å². The molecule has 1 atom stereocenters. The van der Waals surface area contributed by atoms with Crippen molar-refractivity contribution in [1.29, 1.82) is 0 Å². The lowest BCUT2D eigenvalue weighted by molar-refractivity contribution is -0.120. The molecule has 0 aliphatic carbocycles. The number of carbonyl (C=O) groups is 1. The van der Waals surface area contributed by atoms with E-state index in [1.165, 1.54) is 17.3 Å². The molecule has 2 aromatic carbocycles. The molecule has 0 aliphatic heterocycles. The molecule has 26 heavy (non-hydrogen) atoms. The summed E-state index contributed by atoms with van der Waals surface area (Å²) in [6.07, 6.45) is 0. The lowest BCUT2D eigenvalue weighted by Crippen LogP contribution is -2.30. The summed E-state index contributed by atoms with van der Waals surface area (Å²) in [6, 6.07) is 15.9. The second-order valence-corrected chi connectivity index (χ2v) is 7.43. The Balaban J connectivity index is 1.67. The fourth-order valence-electron chi connectivity index (χ4n) is 2.59. The van der Waals surface area contributed by atoms with Gasteiger partial charge in [0.25, 0.3) is 0 Å². The molecule has 0 spiro atoms. The summed E-state index contributed by atoms with van der Waals surface area (Å²) >= 11 is 1.34. The molecule has 1 heterocycles. The molecule has 0 saturated heterocycles. The predicted molar refractivity (Wildman–Crippen MR) is 102 cm³/mol. The zero-order valence-corrected chi connectivity index (χ0v) is 15.8. The summed E-state index contributed by atoms with van der Waals surface area (Å²) < 4.78 is 1.68. The minimum Gasteiger partial charge on any atom is -0.351 e. The lowest BCUT2D eigenvalue weighted by atomic mass is 10.1. The number of hydrogen-bond acceptors (Lipinski definition) is 5. The van der Waals surface area contributed by atoms with Gasteiger partial charge in [0.05, 0.1) is 10.9 Å². The summed E-state index contributed by atoms with van der Waals surface area (Å²) in [5.41, 5.74) is 4.25. The molecule has 0 bridgehead atoms. The van der Waals surface area contributed by atoms with Gasteiger partial charge in [-0.25, -0.2) is 0 Å². The van der Waals surface area contributed by atoms with Crippen LogP contribution in [0.3, 0.4) is 0 Å². The molecule has 0 radical (unpaired) electrons. The normalized spacial score (nSPS) is 12.0. The third-order valence-electron chi connectivity index (χ3n) is 3.98. The maximum Gasteiger partial charge on any atom is 0.233 e. The van der Waals surface area contributed by atoms with E-state index in [-0.39, 0.29) is 11.2 Å². The smallest absolute Gasteiger partial charge is 0.233 e. The van der Waals surface area contributed by atoms with E-state index in [0.717, 1.165) is 16.8 Å². The third-order valence-corrected chi connectivity index (χ3v) is 5.02. The van der Waals surface area contributed by atoms with Crippen molar-refractivity contribution >= 4 is 17.7 Å². The van der Waals surface area contributed by atoms with Crippen LogP contribution in [0.5, 0.6) is 0 Å². The SMILES string of the molecule is Cc1ccc(-n2nnnc2S[C@@H](C)C(=O)NCc2ccccc2)c(C)c1. The van der Waals surface area contributed by atoms with Crippen LogP contribution in [0.1, 0.15) is 23.6 Å². The number of rotatable bonds is 6. The zero-order valence-electron chi connectivity index (χ0n) is 15.0. The first kappa shape index (κ1) is 18.1. The van der Waals surface area contributed by atoms with E-state index in [2.05, 4.69) is 26.9 Å². The highest BCUT2D eigenvalue weighted by molar-refractivity contribution is 8.00. The van der Waals surface area contributed by atoms with E-state index in [1.54, 1.807) is 4.68 Å². The van der Waals surface area contributed by atoms with Gasteiger partial charge >= 0.3 is 0 Å². The van der Waals surface area contributed by atoms with Crippen LogP contribution < -0.4 is 5.32 Å².